The molecular formula is C17H22N4O3. The highest BCUT2D eigenvalue weighted by Gasteiger charge is 2.26. The van der Waals surface area contributed by atoms with E-state index in [2.05, 4.69) is 20.5 Å². The van der Waals surface area contributed by atoms with Crippen LogP contribution in [0.1, 0.15) is 36.7 Å². The van der Waals surface area contributed by atoms with E-state index in [9.17, 15) is 0 Å². The average molecular weight is 330 g/mol. The highest BCUT2D eigenvalue weighted by molar-refractivity contribution is 5.39. The highest BCUT2D eigenvalue weighted by Crippen LogP contribution is 2.30. The van der Waals surface area contributed by atoms with Gasteiger partial charge in [0.25, 0.3) is 0 Å². The van der Waals surface area contributed by atoms with Crippen LogP contribution in [0.2, 0.25) is 0 Å². The third-order valence-electron chi connectivity index (χ3n) is 4.63. The lowest BCUT2D eigenvalue weighted by molar-refractivity contribution is 0.170. The van der Waals surface area contributed by atoms with Gasteiger partial charge in [0, 0.05) is 32.0 Å². The van der Waals surface area contributed by atoms with Crippen LogP contribution in [0.15, 0.2) is 16.7 Å². The van der Waals surface area contributed by atoms with E-state index in [1.165, 1.54) is 12.8 Å². The summed E-state index contributed by atoms with van der Waals surface area (Å²) in [7, 11) is 0. The van der Waals surface area contributed by atoms with E-state index in [0.29, 0.717) is 31.1 Å². The molecule has 1 N–H and O–H groups in total. The summed E-state index contributed by atoms with van der Waals surface area (Å²) in [5.74, 6) is 3.54. The summed E-state index contributed by atoms with van der Waals surface area (Å²) in [6.07, 6.45) is 6.12. The quantitative estimate of drug-likeness (QED) is 0.898. The summed E-state index contributed by atoms with van der Waals surface area (Å²) in [5, 5.41) is 11.6. The van der Waals surface area contributed by atoms with Crippen LogP contribution in [-0.4, -0.2) is 34.4 Å². The first-order valence-corrected chi connectivity index (χ1v) is 8.53. The van der Waals surface area contributed by atoms with Crippen LogP contribution in [0.5, 0.6) is 11.5 Å². The first kappa shape index (κ1) is 15.4. The molecule has 0 spiro atoms. The zero-order chi connectivity index (χ0) is 16.4. The zero-order valence-electron chi connectivity index (χ0n) is 13.8. The Kier molecular flexibility index (Phi) is 4.34. The molecule has 1 fully saturated rings. The second-order valence-electron chi connectivity index (χ2n) is 6.50. The molecule has 0 radical (unpaired) electrons. The van der Waals surface area contributed by atoms with Crippen molar-refractivity contribution in [1.82, 2.24) is 20.5 Å². The van der Waals surface area contributed by atoms with Crippen molar-refractivity contribution in [3.63, 3.8) is 0 Å². The summed E-state index contributed by atoms with van der Waals surface area (Å²) in [5.41, 5.74) is 0.982. The van der Waals surface area contributed by atoms with Crippen LogP contribution in [0.3, 0.4) is 0 Å². The second kappa shape index (κ2) is 6.76. The van der Waals surface area contributed by atoms with Crippen molar-refractivity contribution < 1.29 is 13.9 Å². The molecule has 4 rings (SSSR count). The maximum atomic E-state index is 5.61. The van der Waals surface area contributed by atoms with Crippen molar-refractivity contribution in [3.05, 3.63) is 29.7 Å². The van der Waals surface area contributed by atoms with Gasteiger partial charge in [-0.1, -0.05) is 0 Å². The lowest BCUT2D eigenvalue weighted by Gasteiger charge is -2.19. The normalized spacial score (nSPS) is 22.7. The fourth-order valence-corrected chi connectivity index (χ4v) is 3.45. The van der Waals surface area contributed by atoms with E-state index in [0.717, 1.165) is 42.5 Å². The molecule has 1 aliphatic heterocycles. The van der Waals surface area contributed by atoms with Crippen molar-refractivity contribution >= 4 is 0 Å². The Hall–Kier alpha value is -2.15. The fraction of sp³-hybridized carbons (Fsp3) is 0.588. The summed E-state index contributed by atoms with van der Waals surface area (Å²) < 4.78 is 16.6. The molecule has 128 valence electrons. The van der Waals surface area contributed by atoms with Gasteiger partial charge in [0.2, 0.25) is 11.8 Å². The summed E-state index contributed by atoms with van der Waals surface area (Å²) in [6, 6.07) is 2.48. The number of fused-ring (bicyclic) bond motifs is 1. The van der Waals surface area contributed by atoms with Crippen molar-refractivity contribution in [2.24, 2.45) is 5.92 Å². The molecule has 7 nitrogen and oxygen atoms in total. The number of nitrogens with one attached hydrogen (secondary N) is 1. The number of hydrogen-bond donors (Lipinski definition) is 1. The monoisotopic (exact) mass is 330 g/mol. The first-order valence-electron chi connectivity index (χ1n) is 8.53. The third kappa shape index (κ3) is 3.51. The molecule has 2 atom stereocenters. The van der Waals surface area contributed by atoms with Gasteiger partial charge in [0.15, 0.2) is 11.5 Å². The molecule has 0 saturated heterocycles. The van der Waals surface area contributed by atoms with Crippen LogP contribution in [0.4, 0.5) is 0 Å². The van der Waals surface area contributed by atoms with E-state index in [-0.39, 0.29) is 0 Å². The zero-order valence-corrected chi connectivity index (χ0v) is 13.8. The van der Waals surface area contributed by atoms with Gasteiger partial charge in [0.05, 0.1) is 11.9 Å². The Balaban J connectivity index is 1.28. The Labute approximate surface area is 140 Å². The molecule has 1 saturated carbocycles. The maximum Gasteiger partial charge on any atom is 0.216 e. The van der Waals surface area contributed by atoms with Gasteiger partial charge in [0.1, 0.15) is 13.2 Å². The minimum atomic E-state index is 0.508. The van der Waals surface area contributed by atoms with Crippen LogP contribution in [0.25, 0.3) is 0 Å². The number of rotatable bonds is 5. The Morgan fingerprint density at radius 2 is 2.04 bits per heavy atom. The van der Waals surface area contributed by atoms with Gasteiger partial charge in [-0.05, 0) is 25.2 Å². The Morgan fingerprint density at radius 1 is 1.17 bits per heavy atom. The molecule has 2 aliphatic rings. The number of aryl methyl sites for hydroxylation is 1. The number of aromatic nitrogens is 3. The van der Waals surface area contributed by atoms with Crippen LogP contribution < -0.4 is 14.8 Å². The largest absolute Gasteiger partial charge is 0.486 e. The first-order chi connectivity index (χ1) is 11.8. The molecule has 2 aromatic heterocycles. The maximum absolute atomic E-state index is 5.61. The standard InChI is InChI=1S/C17H22N4O3/c1-11-20-21-17(24-11)7-12-2-3-13(6-12)18-9-14-8-15-16(10-19-14)23-5-4-22-15/h8,10,12-13,18H,2-7,9H2,1H3/t12-,13+/m1/s1. The fourth-order valence-electron chi connectivity index (χ4n) is 3.45. The van der Waals surface area contributed by atoms with Gasteiger partial charge in [-0.2, -0.15) is 0 Å². The van der Waals surface area contributed by atoms with Crippen molar-refractivity contribution in [3.8, 4) is 11.5 Å². The Bertz CT molecular complexity index is 703. The van der Waals surface area contributed by atoms with Gasteiger partial charge in [-0.3, -0.25) is 4.98 Å². The summed E-state index contributed by atoms with van der Waals surface area (Å²) in [4.78, 5) is 4.44. The van der Waals surface area contributed by atoms with E-state index in [1.54, 1.807) is 6.20 Å². The topological polar surface area (TPSA) is 82.3 Å². The van der Waals surface area contributed by atoms with E-state index < -0.39 is 0 Å². The molecule has 0 bridgehead atoms. The van der Waals surface area contributed by atoms with E-state index in [1.807, 2.05) is 13.0 Å². The highest BCUT2D eigenvalue weighted by atomic mass is 16.6. The van der Waals surface area contributed by atoms with E-state index in [4.69, 9.17) is 13.9 Å². The molecule has 0 amide bonds. The summed E-state index contributed by atoms with van der Waals surface area (Å²) in [6.45, 7) is 3.77. The molecule has 0 unspecified atom stereocenters. The van der Waals surface area contributed by atoms with Crippen molar-refractivity contribution in [2.45, 2.75) is 45.2 Å². The molecular weight excluding hydrogens is 308 g/mol. The summed E-state index contributed by atoms with van der Waals surface area (Å²) >= 11 is 0. The number of hydrogen-bond acceptors (Lipinski definition) is 7. The average Bonchev–Trinajstić information content (AvgIpc) is 3.22. The molecule has 0 aromatic carbocycles. The van der Waals surface area contributed by atoms with Crippen LogP contribution in [0, 0.1) is 12.8 Å². The predicted octanol–water partition coefficient (Wildman–Crippen LogP) is 2.05. The molecule has 1 aliphatic carbocycles. The predicted molar refractivity (Wildman–Crippen MR) is 85.9 cm³/mol. The van der Waals surface area contributed by atoms with Crippen LogP contribution in [-0.2, 0) is 13.0 Å². The number of nitrogens with zero attached hydrogens (tertiary/aromatic N) is 3. The lowest BCUT2D eigenvalue weighted by Crippen LogP contribution is -2.26. The van der Waals surface area contributed by atoms with Gasteiger partial charge < -0.3 is 19.2 Å². The van der Waals surface area contributed by atoms with E-state index >= 15 is 0 Å². The molecule has 3 heterocycles. The minimum Gasteiger partial charge on any atom is -0.486 e. The lowest BCUT2D eigenvalue weighted by atomic mass is 10.0. The second-order valence-corrected chi connectivity index (χ2v) is 6.50. The third-order valence-corrected chi connectivity index (χ3v) is 4.63. The van der Waals surface area contributed by atoms with Gasteiger partial charge in [-0.25, -0.2) is 0 Å². The smallest absolute Gasteiger partial charge is 0.216 e. The molecule has 2 aromatic rings. The van der Waals surface area contributed by atoms with Crippen molar-refractivity contribution in [1.29, 1.82) is 0 Å². The van der Waals surface area contributed by atoms with Crippen LogP contribution >= 0.6 is 0 Å². The Morgan fingerprint density at radius 3 is 2.88 bits per heavy atom. The number of pyridine rings is 1. The SMILES string of the molecule is Cc1nnc(C[C@@H]2CC[C@H](NCc3cc4c(cn3)OCCO4)C2)o1. The van der Waals surface area contributed by atoms with Gasteiger partial charge >= 0.3 is 0 Å². The van der Waals surface area contributed by atoms with Gasteiger partial charge in [-0.15, -0.1) is 10.2 Å². The molecule has 7 heteroatoms. The molecule has 24 heavy (non-hydrogen) atoms. The number of ether oxygens (including phenoxy) is 2. The van der Waals surface area contributed by atoms with Crippen molar-refractivity contribution in [2.75, 3.05) is 13.2 Å². The minimum absolute atomic E-state index is 0.508.